The van der Waals surface area contributed by atoms with Gasteiger partial charge in [0.2, 0.25) is 0 Å². The van der Waals surface area contributed by atoms with Crippen molar-refractivity contribution in [3.8, 4) is 5.75 Å². The number of halogens is 1. The smallest absolute Gasteiger partial charge is 0.550 e. The summed E-state index contributed by atoms with van der Waals surface area (Å²) in [6.45, 7) is 10.9. The van der Waals surface area contributed by atoms with Crippen LogP contribution in [0, 0.1) is 5.41 Å². The van der Waals surface area contributed by atoms with Gasteiger partial charge in [-0.1, -0.05) is 88.7 Å². The van der Waals surface area contributed by atoms with Crippen molar-refractivity contribution in [2.45, 2.75) is 76.7 Å². The molecule has 8 heteroatoms. The number of pyridine rings is 1. The zero-order valence-corrected chi connectivity index (χ0v) is 30.0. The van der Waals surface area contributed by atoms with E-state index in [-0.39, 0.29) is 34.3 Å². The number of nitrogens with zero attached hydrogens (tertiary/aromatic N) is 2. The Morgan fingerprint density at radius 1 is 1.02 bits per heavy atom. The number of carbonyl (C=O) groups excluding carboxylic acids is 1. The van der Waals surface area contributed by atoms with Gasteiger partial charge in [-0.25, -0.2) is 4.98 Å². The van der Waals surface area contributed by atoms with Gasteiger partial charge in [0.1, 0.15) is 12.4 Å². The minimum Gasteiger partial charge on any atom is -0.550 e. The maximum atomic E-state index is 12.2. The third-order valence-electron chi connectivity index (χ3n) is 7.41. The molecule has 0 atom stereocenters. The second-order valence-electron chi connectivity index (χ2n) is 12.7. The van der Waals surface area contributed by atoms with E-state index in [0.29, 0.717) is 19.6 Å². The molecule has 2 aromatic carbocycles. The summed E-state index contributed by atoms with van der Waals surface area (Å²) in [6, 6.07) is 18.3. The molecule has 1 aliphatic rings. The summed E-state index contributed by atoms with van der Waals surface area (Å²) < 4.78 is 8.44. The fourth-order valence-electron chi connectivity index (χ4n) is 5.17. The van der Waals surface area contributed by atoms with Crippen molar-refractivity contribution >= 4 is 51.1 Å². The maximum Gasteiger partial charge on any atom is 1.00 e. The number of carboxylic acids is 1. The van der Waals surface area contributed by atoms with E-state index in [4.69, 9.17) is 21.3 Å². The molecule has 0 aliphatic heterocycles. The molecule has 4 aromatic rings. The van der Waals surface area contributed by atoms with Gasteiger partial charge >= 0.3 is 29.6 Å². The second-order valence-corrected chi connectivity index (χ2v) is 14.9. The number of aromatic nitrogens is 2. The number of rotatable bonds is 9. The van der Waals surface area contributed by atoms with Crippen LogP contribution in [-0.4, -0.2) is 20.3 Å². The molecule has 0 radical (unpaired) electrons. The number of para-hydroxylation sites is 1. The van der Waals surface area contributed by atoms with Crippen molar-refractivity contribution in [3.63, 3.8) is 0 Å². The van der Waals surface area contributed by atoms with Crippen LogP contribution in [0.15, 0.2) is 94.4 Å². The van der Waals surface area contributed by atoms with Crippen LogP contribution in [0.1, 0.15) is 58.8 Å². The summed E-state index contributed by atoms with van der Waals surface area (Å²) in [7, 11) is 0. The molecule has 5 rings (SSSR count). The summed E-state index contributed by atoms with van der Waals surface area (Å²) in [4.78, 5) is 18.0. The number of hydrogen-bond donors (Lipinski definition) is 0. The maximum absolute atomic E-state index is 12.2. The number of benzene rings is 2. The van der Waals surface area contributed by atoms with Gasteiger partial charge < -0.3 is 19.2 Å². The second kappa shape index (κ2) is 14.3. The van der Waals surface area contributed by atoms with Crippen LogP contribution >= 0.6 is 23.4 Å². The first kappa shape index (κ1) is 34.4. The normalized spacial score (nSPS) is 15.2. The summed E-state index contributed by atoms with van der Waals surface area (Å²) >= 11 is 8.11. The Morgan fingerprint density at radius 2 is 1.77 bits per heavy atom. The van der Waals surface area contributed by atoms with Crippen LogP contribution < -0.4 is 39.4 Å². The number of thioether (sulfide) groups is 1. The number of carbonyl (C=O) groups is 1. The average Bonchev–Trinajstić information content (AvgIpc) is 3.20. The molecule has 0 saturated heterocycles. The molecule has 0 bridgehead atoms. The van der Waals surface area contributed by atoms with Crippen molar-refractivity contribution in [1.29, 1.82) is 0 Å². The summed E-state index contributed by atoms with van der Waals surface area (Å²) in [5.74, 6) is -0.326. The van der Waals surface area contributed by atoms with Crippen LogP contribution in [0.5, 0.6) is 5.75 Å². The quantitative estimate of drug-likeness (QED) is 0.182. The van der Waals surface area contributed by atoms with Crippen molar-refractivity contribution in [1.82, 2.24) is 9.55 Å². The minimum absolute atomic E-state index is 0. The number of ether oxygens (including phenoxy) is 1. The molecule has 0 amide bonds. The van der Waals surface area contributed by atoms with E-state index < -0.39 is 11.4 Å². The van der Waals surface area contributed by atoms with Crippen molar-refractivity contribution < 1.29 is 44.2 Å². The van der Waals surface area contributed by atoms with Gasteiger partial charge in [0.25, 0.3) is 0 Å². The topological polar surface area (TPSA) is 67.2 Å². The van der Waals surface area contributed by atoms with Crippen molar-refractivity contribution in [2.75, 3.05) is 0 Å². The predicted octanol–water partition coefficient (Wildman–Crippen LogP) is 5.38. The zero-order valence-electron chi connectivity index (χ0n) is 26.4. The molecule has 0 spiro atoms. The summed E-state index contributed by atoms with van der Waals surface area (Å²) in [5.41, 5.74) is 3.88. The van der Waals surface area contributed by atoms with E-state index in [1.165, 1.54) is 0 Å². The Balaban J connectivity index is 0.00000442. The van der Waals surface area contributed by atoms with Gasteiger partial charge in [-0.3, -0.25) is 0 Å². The summed E-state index contributed by atoms with van der Waals surface area (Å²) in [6.07, 6.45) is 10.3. The standard InChI is InChI=1S/C36H39ClN2O3S.Na/c1-35(2,3)43-33-29-20-28(42-23-27-17-15-25-11-7-9-13-30(25)38-27)18-19-31(29)39(32(33)21-36(4,5)34(40)41)22-24-10-6-8-12-26(37)16-14-24;/h7,9-20H,6,8,21-23H2,1-5H3,(H,40,41);/q;+1/p-1/b16-14?,24-10+,26-12?;. The number of hydrogen-bond acceptors (Lipinski definition) is 5. The first-order valence-corrected chi connectivity index (χ1v) is 15.8. The molecule has 1 aliphatic carbocycles. The van der Waals surface area contributed by atoms with Gasteiger partial charge in [-0.05, 0) is 61.2 Å². The Hall–Kier alpha value is -2.48. The van der Waals surface area contributed by atoms with Gasteiger partial charge in [0.15, 0.2) is 0 Å². The molecule has 2 heterocycles. The monoisotopic (exact) mass is 636 g/mol. The van der Waals surface area contributed by atoms with E-state index in [1.807, 2.05) is 48.6 Å². The summed E-state index contributed by atoms with van der Waals surface area (Å²) in [5, 5.41) is 15.1. The largest absolute Gasteiger partial charge is 1.00 e. The predicted molar refractivity (Wildman–Crippen MR) is 177 cm³/mol. The first-order chi connectivity index (χ1) is 20.4. The Morgan fingerprint density at radius 3 is 2.52 bits per heavy atom. The molecule has 0 unspecified atom stereocenters. The van der Waals surface area contributed by atoms with Gasteiger partial charge in [0.05, 0.1) is 11.2 Å². The molecule has 0 N–H and O–H groups in total. The van der Waals surface area contributed by atoms with E-state index in [2.05, 4.69) is 55.7 Å². The van der Waals surface area contributed by atoms with E-state index in [9.17, 15) is 9.90 Å². The minimum atomic E-state index is -1.06. The Kier molecular flexibility index (Phi) is 11.2. The number of fused-ring (bicyclic) bond motifs is 2. The molecule has 44 heavy (non-hydrogen) atoms. The molecule has 0 saturated carbocycles. The Labute approximate surface area is 291 Å². The third-order valence-corrected chi connectivity index (χ3v) is 8.97. The average molecular weight is 637 g/mol. The fraction of sp³-hybridized carbons (Fsp3) is 0.333. The van der Waals surface area contributed by atoms with Gasteiger partial charge in [0, 0.05) is 54.6 Å². The molecule has 2 aromatic heterocycles. The molecular formula is C36H38ClN2NaO3S. The molecule has 224 valence electrons. The van der Waals surface area contributed by atoms with E-state index >= 15 is 0 Å². The van der Waals surface area contributed by atoms with Crippen LogP contribution in [-0.2, 0) is 24.4 Å². The van der Waals surface area contributed by atoms with Gasteiger partial charge in [-0.2, -0.15) is 0 Å². The van der Waals surface area contributed by atoms with Crippen LogP contribution in [0.25, 0.3) is 21.8 Å². The van der Waals surface area contributed by atoms with E-state index in [0.717, 1.165) is 67.3 Å². The van der Waals surface area contributed by atoms with Crippen LogP contribution in [0.3, 0.4) is 0 Å². The first-order valence-electron chi connectivity index (χ1n) is 14.7. The number of aliphatic carboxylic acids is 1. The van der Waals surface area contributed by atoms with Crippen molar-refractivity contribution in [2.24, 2.45) is 5.41 Å². The zero-order chi connectivity index (χ0) is 30.8. The van der Waals surface area contributed by atoms with E-state index in [1.54, 1.807) is 25.6 Å². The number of allylic oxidation sites excluding steroid dienone is 6. The SMILES string of the molecule is CC(C)(C)Sc1c(CC(C)(C)C(=O)[O-])n(C/C2=C/CCC=C(Cl)C=C2)c2ccc(OCc3ccc4ccccc4n3)cc12.[Na+]. The van der Waals surface area contributed by atoms with Crippen molar-refractivity contribution in [3.05, 3.63) is 101 Å². The molecule has 5 nitrogen and oxygen atoms in total. The fourth-order valence-corrected chi connectivity index (χ4v) is 6.53. The Bertz CT molecular complexity index is 1760. The molecule has 0 fully saturated rings. The number of carboxylic acid groups (broad SMARTS) is 1. The molecular weight excluding hydrogens is 599 g/mol. The third kappa shape index (κ3) is 8.41. The van der Waals surface area contributed by atoms with Crippen LogP contribution in [0.4, 0.5) is 0 Å². The van der Waals surface area contributed by atoms with Gasteiger partial charge in [-0.15, -0.1) is 11.8 Å². The van der Waals surface area contributed by atoms with Crippen LogP contribution in [0.2, 0.25) is 0 Å².